The second-order valence-electron chi connectivity index (χ2n) is 7.58. The molecule has 4 rings (SSSR count). The Balaban J connectivity index is 1.53. The van der Waals surface area contributed by atoms with Crippen molar-refractivity contribution in [1.82, 2.24) is 4.90 Å². The molecular formula is C27H26N2O4. The fraction of sp³-hybridized carbons (Fsp3) is 0.185. The predicted molar refractivity (Wildman–Crippen MR) is 128 cm³/mol. The van der Waals surface area contributed by atoms with Gasteiger partial charge in [0.05, 0.1) is 19.2 Å². The van der Waals surface area contributed by atoms with E-state index >= 15 is 0 Å². The third-order valence-corrected chi connectivity index (χ3v) is 5.51. The van der Waals surface area contributed by atoms with Crippen LogP contribution in [0.5, 0.6) is 11.5 Å². The summed E-state index contributed by atoms with van der Waals surface area (Å²) >= 11 is 0. The van der Waals surface area contributed by atoms with Gasteiger partial charge in [0.15, 0.2) is 0 Å². The van der Waals surface area contributed by atoms with E-state index in [1.807, 2.05) is 54.6 Å². The van der Waals surface area contributed by atoms with E-state index < -0.39 is 0 Å². The van der Waals surface area contributed by atoms with Gasteiger partial charge in [-0.15, -0.1) is 0 Å². The third kappa shape index (κ3) is 4.90. The molecule has 2 amide bonds. The molecule has 0 unspecified atom stereocenters. The smallest absolute Gasteiger partial charge is 0.278 e. The average molecular weight is 443 g/mol. The van der Waals surface area contributed by atoms with Crippen LogP contribution in [0.1, 0.15) is 18.1 Å². The summed E-state index contributed by atoms with van der Waals surface area (Å²) in [7, 11) is 1.60. The van der Waals surface area contributed by atoms with Crippen LogP contribution in [0.3, 0.4) is 0 Å². The summed E-state index contributed by atoms with van der Waals surface area (Å²) in [5.74, 6) is 0.668. The Labute approximate surface area is 193 Å². The zero-order valence-corrected chi connectivity index (χ0v) is 18.7. The van der Waals surface area contributed by atoms with Crippen LogP contribution in [-0.4, -0.2) is 37.0 Å². The Morgan fingerprint density at radius 1 is 0.818 bits per heavy atom. The van der Waals surface area contributed by atoms with Crippen LogP contribution in [0.4, 0.5) is 5.69 Å². The normalized spacial score (nSPS) is 13.5. The van der Waals surface area contributed by atoms with Crippen LogP contribution >= 0.6 is 0 Å². The highest BCUT2D eigenvalue weighted by Gasteiger charge is 2.39. The molecule has 1 heterocycles. The van der Waals surface area contributed by atoms with Crippen molar-refractivity contribution in [3.63, 3.8) is 0 Å². The van der Waals surface area contributed by atoms with Gasteiger partial charge in [0.1, 0.15) is 23.8 Å². The van der Waals surface area contributed by atoms with Crippen LogP contribution in [0.2, 0.25) is 0 Å². The number of anilines is 1. The number of carbonyl (C=O) groups is 2. The number of aryl methyl sites for hydroxylation is 1. The highest BCUT2D eigenvalue weighted by Crippen LogP contribution is 2.30. The van der Waals surface area contributed by atoms with Gasteiger partial charge in [-0.05, 0) is 53.9 Å². The maximum Gasteiger partial charge on any atom is 0.278 e. The van der Waals surface area contributed by atoms with Gasteiger partial charge in [0.2, 0.25) is 0 Å². The maximum atomic E-state index is 13.3. The molecule has 0 aliphatic carbocycles. The van der Waals surface area contributed by atoms with Crippen molar-refractivity contribution in [2.75, 3.05) is 25.6 Å². The largest absolute Gasteiger partial charge is 0.497 e. The molecule has 0 fully saturated rings. The predicted octanol–water partition coefficient (Wildman–Crippen LogP) is 4.53. The molecule has 6 nitrogen and oxygen atoms in total. The molecule has 1 aliphatic heterocycles. The molecule has 3 aromatic carbocycles. The van der Waals surface area contributed by atoms with Gasteiger partial charge < -0.3 is 14.8 Å². The SMILES string of the molecule is CCc1ccc(NC2=C(c3ccccc3)C(=O)N(CCOc3ccc(OC)cc3)C2=O)cc1. The summed E-state index contributed by atoms with van der Waals surface area (Å²) in [6, 6.07) is 24.3. The average Bonchev–Trinajstić information content (AvgIpc) is 3.09. The second-order valence-corrected chi connectivity index (χ2v) is 7.58. The molecule has 0 saturated heterocycles. The molecule has 6 heteroatoms. The summed E-state index contributed by atoms with van der Waals surface area (Å²) in [6.45, 7) is 2.41. The quantitative estimate of drug-likeness (QED) is 0.493. The van der Waals surface area contributed by atoms with Crippen LogP contribution < -0.4 is 14.8 Å². The minimum absolute atomic E-state index is 0.139. The molecule has 1 aliphatic rings. The molecule has 33 heavy (non-hydrogen) atoms. The maximum absolute atomic E-state index is 13.3. The van der Waals surface area contributed by atoms with Crippen LogP contribution in [-0.2, 0) is 16.0 Å². The number of benzene rings is 3. The lowest BCUT2D eigenvalue weighted by molar-refractivity contribution is -0.137. The number of rotatable bonds is 9. The summed E-state index contributed by atoms with van der Waals surface area (Å²) < 4.78 is 10.9. The summed E-state index contributed by atoms with van der Waals surface area (Å²) in [6.07, 6.45) is 0.928. The molecule has 0 radical (unpaired) electrons. The van der Waals surface area contributed by atoms with E-state index in [1.54, 1.807) is 31.4 Å². The molecule has 0 bridgehead atoms. The van der Waals surface area contributed by atoms with Crippen molar-refractivity contribution >= 4 is 23.1 Å². The number of nitrogens with zero attached hydrogens (tertiary/aromatic N) is 1. The lowest BCUT2D eigenvalue weighted by Crippen LogP contribution is -2.36. The first-order valence-corrected chi connectivity index (χ1v) is 10.9. The van der Waals surface area contributed by atoms with E-state index in [9.17, 15) is 9.59 Å². The van der Waals surface area contributed by atoms with Crippen molar-refractivity contribution in [2.45, 2.75) is 13.3 Å². The monoisotopic (exact) mass is 442 g/mol. The fourth-order valence-electron chi connectivity index (χ4n) is 3.66. The lowest BCUT2D eigenvalue weighted by atomic mass is 10.0. The first-order chi connectivity index (χ1) is 16.1. The van der Waals surface area contributed by atoms with E-state index in [2.05, 4.69) is 12.2 Å². The highest BCUT2D eigenvalue weighted by atomic mass is 16.5. The van der Waals surface area contributed by atoms with E-state index in [0.717, 1.165) is 17.9 Å². The van der Waals surface area contributed by atoms with Gasteiger partial charge in [0.25, 0.3) is 11.8 Å². The Bertz CT molecular complexity index is 1150. The molecule has 0 spiro atoms. The lowest BCUT2D eigenvalue weighted by Gasteiger charge is -2.16. The number of ether oxygens (including phenoxy) is 2. The molecular weight excluding hydrogens is 416 g/mol. The molecule has 168 valence electrons. The number of carbonyl (C=O) groups excluding carboxylic acids is 2. The fourth-order valence-corrected chi connectivity index (χ4v) is 3.66. The summed E-state index contributed by atoms with van der Waals surface area (Å²) in [5, 5.41) is 3.18. The first-order valence-electron chi connectivity index (χ1n) is 10.9. The Hall–Kier alpha value is -4.06. The molecule has 0 aromatic heterocycles. The van der Waals surface area contributed by atoms with Crippen molar-refractivity contribution < 1.29 is 19.1 Å². The number of hydrogen-bond donors (Lipinski definition) is 1. The molecule has 0 atom stereocenters. The third-order valence-electron chi connectivity index (χ3n) is 5.51. The van der Waals surface area contributed by atoms with Crippen molar-refractivity contribution in [2.24, 2.45) is 0 Å². The Morgan fingerprint density at radius 3 is 2.12 bits per heavy atom. The summed E-state index contributed by atoms with van der Waals surface area (Å²) in [4.78, 5) is 27.8. The van der Waals surface area contributed by atoms with Gasteiger partial charge in [-0.25, -0.2) is 0 Å². The molecule has 3 aromatic rings. The van der Waals surface area contributed by atoms with Gasteiger partial charge in [-0.1, -0.05) is 49.4 Å². The van der Waals surface area contributed by atoms with Crippen LogP contribution in [0, 0.1) is 0 Å². The second kappa shape index (κ2) is 10.0. The van der Waals surface area contributed by atoms with Gasteiger partial charge in [-0.3, -0.25) is 14.5 Å². The van der Waals surface area contributed by atoms with Crippen molar-refractivity contribution in [1.29, 1.82) is 0 Å². The minimum Gasteiger partial charge on any atom is -0.497 e. The number of nitrogens with one attached hydrogen (secondary N) is 1. The van der Waals surface area contributed by atoms with Gasteiger partial charge in [-0.2, -0.15) is 0 Å². The minimum atomic E-state index is -0.364. The molecule has 1 N–H and O–H groups in total. The van der Waals surface area contributed by atoms with Crippen LogP contribution in [0.25, 0.3) is 5.57 Å². The first kappa shape index (κ1) is 22.1. The number of imide groups is 1. The summed E-state index contributed by atoms with van der Waals surface area (Å²) in [5.41, 5.74) is 3.30. The Morgan fingerprint density at radius 2 is 1.48 bits per heavy atom. The van der Waals surface area contributed by atoms with Crippen LogP contribution in [0.15, 0.2) is 84.6 Å². The van der Waals surface area contributed by atoms with E-state index in [-0.39, 0.29) is 30.7 Å². The number of hydrogen-bond acceptors (Lipinski definition) is 5. The zero-order valence-electron chi connectivity index (χ0n) is 18.7. The topological polar surface area (TPSA) is 67.9 Å². The van der Waals surface area contributed by atoms with Gasteiger partial charge >= 0.3 is 0 Å². The number of amides is 2. The van der Waals surface area contributed by atoms with E-state index in [1.165, 1.54) is 10.5 Å². The van der Waals surface area contributed by atoms with E-state index in [4.69, 9.17) is 9.47 Å². The zero-order chi connectivity index (χ0) is 23.2. The van der Waals surface area contributed by atoms with Gasteiger partial charge in [0, 0.05) is 5.69 Å². The standard InChI is InChI=1S/C27H26N2O4/c1-3-19-9-11-21(12-10-19)28-25-24(20-7-5-4-6-8-20)26(30)29(27(25)31)17-18-33-23-15-13-22(32-2)14-16-23/h4-16,28H,3,17-18H2,1-2H3. The highest BCUT2D eigenvalue weighted by molar-refractivity contribution is 6.36. The molecule has 0 saturated carbocycles. The van der Waals surface area contributed by atoms with Crippen molar-refractivity contribution in [3.8, 4) is 11.5 Å². The number of methoxy groups -OCH3 is 1. The van der Waals surface area contributed by atoms with Crippen molar-refractivity contribution in [3.05, 3.63) is 95.7 Å². The Kier molecular flexibility index (Phi) is 6.74. The van der Waals surface area contributed by atoms with E-state index in [0.29, 0.717) is 16.9 Å².